The van der Waals surface area contributed by atoms with E-state index in [1.807, 2.05) is 18.2 Å². The van der Waals surface area contributed by atoms with Gasteiger partial charge in [-0.2, -0.15) is 0 Å². The summed E-state index contributed by atoms with van der Waals surface area (Å²) >= 11 is 0. The van der Waals surface area contributed by atoms with Crippen molar-refractivity contribution in [2.75, 3.05) is 31.3 Å². The molecule has 24 heavy (non-hydrogen) atoms. The molecular formula is C18H21N3O3. The first kappa shape index (κ1) is 15.4. The molecule has 1 N–H and O–H groups in total. The van der Waals surface area contributed by atoms with E-state index in [1.54, 1.807) is 6.33 Å². The smallest absolute Gasteiger partial charge is 0.132 e. The zero-order valence-corrected chi connectivity index (χ0v) is 13.5. The molecule has 0 unspecified atom stereocenters. The van der Waals surface area contributed by atoms with Crippen LogP contribution in [0.3, 0.4) is 0 Å². The number of aliphatic hydroxyl groups excluding tert-OH is 1. The highest BCUT2D eigenvalue weighted by Crippen LogP contribution is 2.29. The van der Waals surface area contributed by atoms with E-state index < -0.39 is 0 Å². The third-order valence-electron chi connectivity index (χ3n) is 4.63. The van der Waals surface area contributed by atoms with E-state index in [2.05, 4.69) is 20.9 Å². The molecule has 0 amide bonds. The number of fused-ring (bicyclic) bond motifs is 1. The van der Waals surface area contributed by atoms with E-state index in [-0.39, 0.29) is 6.61 Å². The number of nitrogens with zero attached hydrogens (tertiary/aromatic N) is 3. The second-order valence-electron chi connectivity index (χ2n) is 6.23. The van der Waals surface area contributed by atoms with Crippen molar-refractivity contribution < 1.29 is 14.6 Å². The summed E-state index contributed by atoms with van der Waals surface area (Å²) in [5.74, 6) is 2.16. The minimum Gasteiger partial charge on any atom is -0.491 e. The van der Waals surface area contributed by atoms with Gasteiger partial charge in [0.2, 0.25) is 0 Å². The topological polar surface area (TPSA) is 67.7 Å². The number of aromatic nitrogens is 2. The first-order chi connectivity index (χ1) is 11.8. The van der Waals surface area contributed by atoms with Gasteiger partial charge in [-0.1, -0.05) is 6.07 Å². The lowest BCUT2D eigenvalue weighted by molar-refractivity contribution is 0.193. The van der Waals surface area contributed by atoms with Gasteiger partial charge in [-0.15, -0.1) is 0 Å². The maximum atomic E-state index is 9.36. The lowest BCUT2D eigenvalue weighted by Gasteiger charge is -2.22. The predicted molar refractivity (Wildman–Crippen MR) is 89.1 cm³/mol. The molecule has 2 aliphatic heterocycles. The van der Waals surface area contributed by atoms with Crippen LogP contribution in [0, 0.1) is 0 Å². The second-order valence-corrected chi connectivity index (χ2v) is 6.23. The Labute approximate surface area is 141 Å². The lowest BCUT2D eigenvalue weighted by atomic mass is 10.0. The van der Waals surface area contributed by atoms with Crippen molar-refractivity contribution >= 4 is 5.82 Å². The Kier molecular flexibility index (Phi) is 4.32. The van der Waals surface area contributed by atoms with Gasteiger partial charge in [-0.05, 0) is 24.1 Å². The van der Waals surface area contributed by atoms with Crippen molar-refractivity contribution in [1.82, 2.24) is 9.97 Å². The highest BCUT2D eigenvalue weighted by Gasteiger charge is 2.22. The summed E-state index contributed by atoms with van der Waals surface area (Å²) in [5, 5.41) is 9.36. The summed E-state index contributed by atoms with van der Waals surface area (Å²) in [7, 11) is 0. The third kappa shape index (κ3) is 3.07. The zero-order chi connectivity index (χ0) is 16.4. The Morgan fingerprint density at radius 1 is 1.21 bits per heavy atom. The number of hydrogen-bond donors (Lipinski definition) is 1. The van der Waals surface area contributed by atoms with Gasteiger partial charge in [0, 0.05) is 30.7 Å². The highest BCUT2D eigenvalue weighted by atomic mass is 16.5. The van der Waals surface area contributed by atoms with Crippen molar-refractivity contribution in [2.24, 2.45) is 0 Å². The molecule has 1 fully saturated rings. The molecule has 0 saturated carbocycles. The molecule has 1 aromatic heterocycles. The maximum Gasteiger partial charge on any atom is 0.132 e. The van der Waals surface area contributed by atoms with E-state index in [0.29, 0.717) is 19.1 Å². The fourth-order valence-electron chi connectivity index (χ4n) is 3.27. The monoisotopic (exact) mass is 327 g/mol. The van der Waals surface area contributed by atoms with Crippen molar-refractivity contribution in [1.29, 1.82) is 0 Å². The number of rotatable bonds is 3. The highest BCUT2D eigenvalue weighted by molar-refractivity contribution is 5.46. The molecule has 0 bridgehead atoms. The summed E-state index contributed by atoms with van der Waals surface area (Å²) in [4.78, 5) is 11.1. The third-order valence-corrected chi connectivity index (χ3v) is 4.63. The number of benzene rings is 1. The van der Waals surface area contributed by atoms with Crippen LogP contribution < -0.4 is 9.64 Å². The van der Waals surface area contributed by atoms with Gasteiger partial charge in [0.1, 0.15) is 24.5 Å². The SMILES string of the molecule is OCc1ccc2c(c1)CN(c1cc([C@H]3CCOC3)ncn1)CCO2. The van der Waals surface area contributed by atoms with Gasteiger partial charge in [-0.3, -0.25) is 0 Å². The van der Waals surface area contributed by atoms with Gasteiger partial charge in [0.15, 0.2) is 0 Å². The molecular weight excluding hydrogens is 306 g/mol. The fourth-order valence-corrected chi connectivity index (χ4v) is 3.27. The molecule has 4 rings (SSSR count). The van der Waals surface area contributed by atoms with Crippen LogP contribution in [0.2, 0.25) is 0 Å². The Bertz CT molecular complexity index is 716. The molecule has 6 heteroatoms. The molecule has 126 valence electrons. The van der Waals surface area contributed by atoms with Gasteiger partial charge < -0.3 is 19.5 Å². The predicted octanol–water partition coefficient (Wildman–Crippen LogP) is 1.87. The summed E-state index contributed by atoms with van der Waals surface area (Å²) in [5.41, 5.74) is 3.01. The van der Waals surface area contributed by atoms with Crippen molar-refractivity contribution in [2.45, 2.75) is 25.5 Å². The summed E-state index contributed by atoms with van der Waals surface area (Å²) in [6.45, 7) is 3.66. The number of aliphatic hydroxyl groups is 1. The van der Waals surface area contributed by atoms with Crippen LogP contribution in [0.15, 0.2) is 30.6 Å². The molecule has 0 spiro atoms. The maximum absolute atomic E-state index is 9.36. The largest absolute Gasteiger partial charge is 0.491 e. The normalized spacial score (nSPS) is 20.4. The molecule has 2 aliphatic rings. The molecule has 1 aromatic carbocycles. The summed E-state index contributed by atoms with van der Waals surface area (Å²) in [6.07, 6.45) is 2.65. The zero-order valence-electron chi connectivity index (χ0n) is 13.5. The minimum atomic E-state index is 0.0343. The average molecular weight is 327 g/mol. The van der Waals surface area contributed by atoms with E-state index in [0.717, 1.165) is 54.6 Å². The van der Waals surface area contributed by atoms with Crippen molar-refractivity contribution in [3.8, 4) is 5.75 Å². The first-order valence-electron chi connectivity index (χ1n) is 8.33. The van der Waals surface area contributed by atoms with Crippen LogP contribution in [0.25, 0.3) is 0 Å². The van der Waals surface area contributed by atoms with Gasteiger partial charge in [0.25, 0.3) is 0 Å². The van der Waals surface area contributed by atoms with Crippen LogP contribution in [0.4, 0.5) is 5.82 Å². The molecule has 6 nitrogen and oxygen atoms in total. The van der Waals surface area contributed by atoms with Crippen LogP contribution >= 0.6 is 0 Å². The van der Waals surface area contributed by atoms with Gasteiger partial charge >= 0.3 is 0 Å². The molecule has 0 aliphatic carbocycles. The van der Waals surface area contributed by atoms with Gasteiger partial charge in [-0.25, -0.2) is 9.97 Å². The number of hydrogen-bond acceptors (Lipinski definition) is 6. The first-order valence-corrected chi connectivity index (χ1v) is 8.33. The van der Waals surface area contributed by atoms with E-state index in [9.17, 15) is 5.11 Å². The molecule has 1 saturated heterocycles. The van der Waals surface area contributed by atoms with Crippen molar-refractivity contribution in [3.05, 3.63) is 47.4 Å². The second kappa shape index (κ2) is 6.75. The minimum absolute atomic E-state index is 0.0343. The van der Waals surface area contributed by atoms with Gasteiger partial charge in [0.05, 0.1) is 25.5 Å². The lowest BCUT2D eigenvalue weighted by Crippen LogP contribution is -2.26. The van der Waals surface area contributed by atoms with Crippen LogP contribution in [-0.4, -0.2) is 41.4 Å². The van der Waals surface area contributed by atoms with Crippen LogP contribution in [0.1, 0.15) is 29.2 Å². The number of ether oxygens (including phenoxy) is 2. The Balaban J connectivity index is 1.60. The fraction of sp³-hybridized carbons (Fsp3) is 0.444. The molecule has 0 radical (unpaired) electrons. The van der Waals surface area contributed by atoms with E-state index in [4.69, 9.17) is 9.47 Å². The van der Waals surface area contributed by atoms with Crippen molar-refractivity contribution in [3.63, 3.8) is 0 Å². The Morgan fingerprint density at radius 2 is 2.17 bits per heavy atom. The molecule has 3 heterocycles. The Hall–Kier alpha value is -2.18. The summed E-state index contributed by atoms with van der Waals surface area (Å²) in [6, 6.07) is 7.91. The average Bonchev–Trinajstić information content (AvgIpc) is 3.08. The Morgan fingerprint density at radius 3 is 3.00 bits per heavy atom. The quantitative estimate of drug-likeness (QED) is 0.928. The van der Waals surface area contributed by atoms with Crippen LogP contribution in [0.5, 0.6) is 5.75 Å². The van der Waals surface area contributed by atoms with E-state index >= 15 is 0 Å². The van der Waals surface area contributed by atoms with E-state index in [1.165, 1.54) is 0 Å². The number of anilines is 1. The van der Waals surface area contributed by atoms with Crippen LogP contribution in [-0.2, 0) is 17.9 Å². The molecule has 1 atom stereocenters. The molecule has 2 aromatic rings. The summed E-state index contributed by atoms with van der Waals surface area (Å²) < 4.78 is 11.3. The standard InChI is InChI=1S/C18H21N3O3/c22-10-13-1-2-17-15(7-13)9-21(4-6-24-17)18-8-16(19-12-20-18)14-3-5-23-11-14/h1-2,7-8,12,14,22H,3-6,9-11H2/t14-/m0/s1.